The molecular weight excluding hydrogens is 366 g/mol. The molecule has 29 heavy (non-hydrogen) atoms. The zero-order valence-electron chi connectivity index (χ0n) is 17.1. The SMILES string of the molecule is CCCCCNC(=O)c1ccc(NC2c3ccccc3C(=O)N2CCOC)cc1. The van der Waals surface area contributed by atoms with E-state index in [1.54, 1.807) is 24.1 Å². The molecule has 0 saturated carbocycles. The van der Waals surface area contributed by atoms with Gasteiger partial charge in [-0.2, -0.15) is 0 Å². The smallest absolute Gasteiger partial charge is 0.256 e. The lowest BCUT2D eigenvalue weighted by Gasteiger charge is -2.27. The fourth-order valence-electron chi connectivity index (χ4n) is 3.50. The van der Waals surface area contributed by atoms with E-state index in [2.05, 4.69) is 17.6 Å². The third-order valence-electron chi connectivity index (χ3n) is 5.11. The summed E-state index contributed by atoms with van der Waals surface area (Å²) in [5, 5.41) is 6.38. The Bertz CT molecular complexity index is 836. The Morgan fingerprint density at radius 3 is 2.59 bits per heavy atom. The average Bonchev–Trinajstić information content (AvgIpc) is 3.01. The van der Waals surface area contributed by atoms with Crippen LogP contribution in [-0.2, 0) is 4.74 Å². The number of ether oxygens (including phenoxy) is 1. The Balaban J connectivity index is 1.69. The zero-order chi connectivity index (χ0) is 20.6. The maximum atomic E-state index is 12.8. The Hall–Kier alpha value is -2.86. The minimum absolute atomic E-state index is 0.00164. The van der Waals surface area contributed by atoms with Gasteiger partial charge in [-0.1, -0.05) is 38.0 Å². The van der Waals surface area contributed by atoms with Crippen molar-refractivity contribution in [3.63, 3.8) is 0 Å². The number of unbranched alkanes of at least 4 members (excludes halogenated alkanes) is 2. The lowest BCUT2D eigenvalue weighted by molar-refractivity contribution is 0.0674. The summed E-state index contributed by atoms with van der Waals surface area (Å²) in [6, 6.07) is 15.0. The minimum Gasteiger partial charge on any atom is -0.383 e. The van der Waals surface area contributed by atoms with Crippen molar-refractivity contribution < 1.29 is 14.3 Å². The first-order valence-electron chi connectivity index (χ1n) is 10.2. The van der Waals surface area contributed by atoms with Gasteiger partial charge in [0, 0.05) is 42.6 Å². The van der Waals surface area contributed by atoms with E-state index in [0.717, 1.165) is 30.5 Å². The van der Waals surface area contributed by atoms with E-state index in [9.17, 15) is 9.59 Å². The first kappa shape index (κ1) is 20.9. The Morgan fingerprint density at radius 1 is 1.10 bits per heavy atom. The van der Waals surface area contributed by atoms with E-state index in [1.807, 2.05) is 36.4 Å². The first-order chi connectivity index (χ1) is 14.2. The van der Waals surface area contributed by atoms with E-state index in [0.29, 0.717) is 30.8 Å². The van der Waals surface area contributed by atoms with Crippen molar-refractivity contribution in [3.05, 3.63) is 65.2 Å². The fourth-order valence-corrected chi connectivity index (χ4v) is 3.50. The second-order valence-electron chi connectivity index (χ2n) is 7.17. The van der Waals surface area contributed by atoms with Crippen LogP contribution in [0.25, 0.3) is 0 Å². The van der Waals surface area contributed by atoms with Crippen LogP contribution in [0.3, 0.4) is 0 Å². The monoisotopic (exact) mass is 395 g/mol. The van der Waals surface area contributed by atoms with Crippen LogP contribution in [0.15, 0.2) is 48.5 Å². The molecule has 0 saturated heterocycles. The molecular formula is C23H29N3O3. The number of fused-ring (bicyclic) bond motifs is 1. The number of carbonyl (C=O) groups excluding carboxylic acids is 2. The Morgan fingerprint density at radius 2 is 1.86 bits per heavy atom. The number of methoxy groups -OCH3 is 1. The molecule has 0 spiro atoms. The van der Waals surface area contributed by atoms with E-state index in [-0.39, 0.29) is 18.0 Å². The Labute approximate surface area is 172 Å². The van der Waals surface area contributed by atoms with Crippen molar-refractivity contribution in [1.82, 2.24) is 10.2 Å². The molecule has 6 nitrogen and oxygen atoms in total. The summed E-state index contributed by atoms with van der Waals surface area (Å²) in [5.41, 5.74) is 3.14. The molecule has 0 bridgehead atoms. The van der Waals surface area contributed by atoms with Crippen LogP contribution < -0.4 is 10.6 Å². The van der Waals surface area contributed by atoms with Crippen molar-refractivity contribution in [2.24, 2.45) is 0 Å². The molecule has 1 unspecified atom stereocenters. The topological polar surface area (TPSA) is 70.7 Å². The second kappa shape index (κ2) is 10.1. The maximum absolute atomic E-state index is 12.8. The van der Waals surface area contributed by atoms with Gasteiger partial charge < -0.3 is 20.3 Å². The Kier molecular flexibility index (Phi) is 7.25. The fraction of sp³-hybridized carbons (Fsp3) is 0.391. The van der Waals surface area contributed by atoms with E-state index < -0.39 is 0 Å². The summed E-state index contributed by atoms with van der Waals surface area (Å²) in [4.78, 5) is 26.8. The summed E-state index contributed by atoms with van der Waals surface area (Å²) in [6.45, 7) is 3.80. The third-order valence-corrected chi connectivity index (χ3v) is 5.11. The molecule has 2 N–H and O–H groups in total. The van der Waals surface area contributed by atoms with Crippen LogP contribution in [0.2, 0.25) is 0 Å². The number of benzene rings is 2. The number of hydrogen-bond donors (Lipinski definition) is 2. The number of nitrogens with one attached hydrogen (secondary N) is 2. The molecule has 3 rings (SSSR count). The van der Waals surface area contributed by atoms with Gasteiger partial charge in [0.05, 0.1) is 6.61 Å². The quantitative estimate of drug-likeness (QED) is 0.600. The van der Waals surface area contributed by atoms with Crippen LogP contribution in [0, 0.1) is 0 Å². The standard InChI is InChI=1S/C23H29N3O3/c1-3-4-7-14-24-22(27)17-10-12-18(13-11-17)25-21-19-8-5-6-9-20(19)23(28)26(21)15-16-29-2/h5-6,8-13,21,25H,3-4,7,14-16H2,1-2H3,(H,24,27). The highest BCUT2D eigenvalue weighted by Gasteiger charge is 2.36. The molecule has 0 aromatic heterocycles. The third kappa shape index (κ3) is 4.95. The molecule has 1 aliphatic rings. The van der Waals surface area contributed by atoms with Crippen LogP contribution in [0.5, 0.6) is 0 Å². The molecule has 0 fully saturated rings. The summed E-state index contributed by atoms with van der Waals surface area (Å²) in [7, 11) is 1.63. The van der Waals surface area contributed by atoms with Crippen molar-refractivity contribution in [3.8, 4) is 0 Å². The van der Waals surface area contributed by atoms with Gasteiger partial charge in [-0.3, -0.25) is 9.59 Å². The number of amides is 2. The van der Waals surface area contributed by atoms with Gasteiger partial charge in [0.25, 0.3) is 11.8 Å². The molecule has 6 heteroatoms. The van der Waals surface area contributed by atoms with E-state index in [4.69, 9.17) is 4.74 Å². The van der Waals surface area contributed by atoms with Gasteiger partial charge in [0.15, 0.2) is 0 Å². The molecule has 2 aromatic carbocycles. The molecule has 1 aliphatic heterocycles. The number of anilines is 1. The molecule has 154 valence electrons. The number of rotatable bonds is 10. The molecule has 0 radical (unpaired) electrons. The van der Waals surface area contributed by atoms with Gasteiger partial charge in [-0.05, 0) is 36.8 Å². The van der Waals surface area contributed by atoms with Gasteiger partial charge in [0.2, 0.25) is 0 Å². The molecule has 0 aliphatic carbocycles. The van der Waals surface area contributed by atoms with Gasteiger partial charge in [0.1, 0.15) is 6.17 Å². The summed E-state index contributed by atoms with van der Waals surface area (Å²) >= 11 is 0. The van der Waals surface area contributed by atoms with Crippen LogP contribution >= 0.6 is 0 Å². The van der Waals surface area contributed by atoms with Gasteiger partial charge in [-0.25, -0.2) is 0 Å². The maximum Gasteiger partial charge on any atom is 0.256 e. The first-order valence-corrected chi connectivity index (χ1v) is 10.2. The van der Waals surface area contributed by atoms with Crippen molar-refractivity contribution in [1.29, 1.82) is 0 Å². The minimum atomic E-state index is -0.262. The lowest BCUT2D eigenvalue weighted by atomic mass is 10.1. The predicted molar refractivity (Wildman–Crippen MR) is 114 cm³/mol. The van der Waals surface area contributed by atoms with Crippen LogP contribution in [-0.4, -0.2) is 43.5 Å². The second-order valence-corrected chi connectivity index (χ2v) is 7.17. The van der Waals surface area contributed by atoms with Crippen LogP contribution in [0.4, 0.5) is 5.69 Å². The largest absolute Gasteiger partial charge is 0.383 e. The summed E-state index contributed by atoms with van der Waals surface area (Å²) < 4.78 is 5.17. The average molecular weight is 396 g/mol. The van der Waals surface area contributed by atoms with Crippen molar-refractivity contribution >= 4 is 17.5 Å². The number of hydrogen-bond acceptors (Lipinski definition) is 4. The zero-order valence-corrected chi connectivity index (χ0v) is 17.1. The van der Waals surface area contributed by atoms with E-state index in [1.165, 1.54) is 0 Å². The van der Waals surface area contributed by atoms with Crippen molar-refractivity contribution in [2.75, 3.05) is 32.1 Å². The summed E-state index contributed by atoms with van der Waals surface area (Å²) in [6.07, 6.45) is 2.98. The van der Waals surface area contributed by atoms with Gasteiger partial charge in [-0.15, -0.1) is 0 Å². The number of carbonyl (C=O) groups is 2. The highest BCUT2D eigenvalue weighted by molar-refractivity contribution is 5.99. The van der Waals surface area contributed by atoms with Crippen molar-refractivity contribution in [2.45, 2.75) is 32.4 Å². The summed E-state index contributed by atoms with van der Waals surface area (Å²) in [5.74, 6) is -0.0611. The molecule has 2 aromatic rings. The van der Waals surface area contributed by atoms with E-state index >= 15 is 0 Å². The number of nitrogens with zero attached hydrogens (tertiary/aromatic N) is 1. The highest BCUT2D eigenvalue weighted by Crippen LogP contribution is 2.34. The lowest BCUT2D eigenvalue weighted by Crippen LogP contribution is -2.35. The molecule has 2 amide bonds. The predicted octanol–water partition coefficient (Wildman–Crippen LogP) is 3.82. The molecule has 1 atom stereocenters. The normalized spacial score (nSPS) is 15.3. The van der Waals surface area contributed by atoms with Gasteiger partial charge >= 0.3 is 0 Å². The van der Waals surface area contributed by atoms with Crippen LogP contribution in [0.1, 0.15) is 58.6 Å². The highest BCUT2D eigenvalue weighted by atomic mass is 16.5. The molecule has 1 heterocycles.